The monoisotopic (exact) mass is 553 g/mol. The van der Waals surface area contributed by atoms with Gasteiger partial charge in [0.1, 0.15) is 17.1 Å². The van der Waals surface area contributed by atoms with Crippen molar-refractivity contribution in [1.82, 2.24) is 10.3 Å². The van der Waals surface area contributed by atoms with E-state index in [0.717, 1.165) is 12.1 Å². The number of halogens is 6. The van der Waals surface area contributed by atoms with Crippen molar-refractivity contribution in [3.8, 4) is 5.75 Å². The van der Waals surface area contributed by atoms with Crippen LogP contribution in [0.1, 0.15) is 36.1 Å². The third-order valence-corrected chi connectivity index (χ3v) is 6.75. The van der Waals surface area contributed by atoms with Gasteiger partial charge in [-0.05, 0) is 54.7 Å². The standard InChI is InChI=1S/C27H25ClF5N3O2/c28-19-7-9-23(35-15-19)26(14-16-4-2-1-3-5-16,36-24(37)17-6-8-21(34)10-17)18-11-20(29)13-22(12-18)38-27(32,33)25(30)31/h1-5,7,9,11-13,15,17,21,25H,6,8,10,14,34H2,(H,36,37)/t17?,21-,26+/m1/s1. The maximum absolute atomic E-state index is 14.9. The van der Waals surface area contributed by atoms with E-state index in [2.05, 4.69) is 15.0 Å². The van der Waals surface area contributed by atoms with E-state index >= 15 is 0 Å². The molecule has 1 aliphatic rings. The number of carbonyl (C=O) groups excluding carboxylic acids is 1. The SMILES string of the molecule is N[C@@H]1CCC(C(=O)N[C@@](Cc2ccccc2)(c2cc(F)cc(OC(F)(F)C(F)F)c2)c2ccc(Cl)cn2)C1. The highest BCUT2D eigenvalue weighted by Crippen LogP contribution is 2.38. The van der Waals surface area contributed by atoms with Gasteiger partial charge < -0.3 is 15.8 Å². The number of hydrogen-bond acceptors (Lipinski definition) is 4. The Morgan fingerprint density at radius 3 is 2.47 bits per heavy atom. The Kier molecular flexibility index (Phi) is 8.22. The van der Waals surface area contributed by atoms with E-state index in [4.69, 9.17) is 17.3 Å². The summed E-state index contributed by atoms with van der Waals surface area (Å²) in [5, 5.41) is 3.26. The van der Waals surface area contributed by atoms with Crippen LogP contribution >= 0.6 is 11.6 Å². The summed E-state index contributed by atoms with van der Waals surface area (Å²) in [5.74, 6) is -2.71. The molecular weight excluding hydrogens is 529 g/mol. The number of pyridine rings is 1. The van der Waals surface area contributed by atoms with Crippen LogP contribution in [0.3, 0.4) is 0 Å². The van der Waals surface area contributed by atoms with E-state index in [0.29, 0.717) is 30.9 Å². The lowest BCUT2D eigenvalue weighted by Gasteiger charge is -2.36. The van der Waals surface area contributed by atoms with Gasteiger partial charge in [0.15, 0.2) is 0 Å². The Bertz CT molecular complexity index is 1260. The van der Waals surface area contributed by atoms with Crippen LogP contribution in [-0.4, -0.2) is 29.5 Å². The number of aromatic nitrogens is 1. The molecule has 3 aromatic rings. The Morgan fingerprint density at radius 2 is 1.87 bits per heavy atom. The minimum Gasteiger partial charge on any atom is -0.428 e. The molecule has 1 unspecified atom stereocenters. The summed E-state index contributed by atoms with van der Waals surface area (Å²) in [5.41, 5.74) is 5.27. The number of nitrogens with two attached hydrogens (primary N) is 1. The molecule has 3 N–H and O–H groups in total. The van der Waals surface area contributed by atoms with Gasteiger partial charge >= 0.3 is 12.5 Å². The van der Waals surface area contributed by atoms with Gasteiger partial charge in [-0.3, -0.25) is 9.78 Å². The number of nitrogens with one attached hydrogen (secondary N) is 1. The van der Waals surface area contributed by atoms with Gasteiger partial charge in [-0.1, -0.05) is 41.9 Å². The first kappa shape index (κ1) is 27.8. The molecule has 5 nitrogen and oxygen atoms in total. The Hall–Kier alpha value is -3.24. The number of alkyl halides is 4. The van der Waals surface area contributed by atoms with Gasteiger partial charge in [0.2, 0.25) is 5.91 Å². The predicted molar refractivity (Wildman–Crippen MR) is 132 cm³/mol. The quantitative estimate of drug-likeness (QED) is 0.326. The summed E-state index contributed by atoms with van der Waals surface area (Å²) in [4.78, 5) is 17.9. The smallest absolute Gasteiger partial charge is 0.428 e. The topological polar surface area (TPSA) is 77.2 Å². The molecule has 4 rings (SSSR count). The van der Waals surface area contributed by atoms with Crippen molar-refractivity contribution in [1.29, 1.82) is 0 Å². The minimum absolute atomic E-state index is 0.0150. The molecule has 11 heteroatoms. The van der Waals surface area contributed by atoms with Crippen molar-refractivity contribution >= 4 is 17.5 Å². The van der Waals surface area contributed by atoms with Crippen molar-refractivity contribution in [2.75, 3.05) is 0 Å². The Balaban J connectivity index is 1.89. The number of benzene rings is 2. The molecule has 38 heavy (non-hydrogen) atoms. The molecule has 2 aromatic carbocycles. The van der Waals surface area contributed by atoms with Crippen LogP contribution in [0.25, 0.3) is 0 Å². The molecule has 3 atom stereocenters. The number of rotatable bonds is 9. The lowest BCUT2D eigenvalue weighted by molar-refractivity contribution is -0.253. The molecule has 0 saturated heterocycles. The van der Waals surface area contributed by atoms with Gasteiger partial charge in [0, 0.05) is 30.6 Å². The van der Waals surface area contributed by atoms with Crippen LogP contribution in [0.4, 0.5) is 22.0 Å². The molecular formula is C27H25ClF5N3O2. The maximum atomic E-state index is 14.9. The summed E-state index contributed by atoms with van der Waals surface area (Å²) in [6.07, 6.45) is -6.07. The fraction of sp³-hybridized carbons (Fsp3) is 0.333. The lowest BCUT2D eigenvalue weighted by atomic mass is 9.79. The highest BCUT2D eigenvalue weighted by Gasteiger charge is 2.45. The molecule has 0 aliphatic heterocycles. The maximum Gasteiger partial charge on any atom is 0.461 e. The summed E-state index contributed by atoms with van der Waals surface area (Å²) in [6.45, 7) is 0. The Morgan fingerprint density at radius 1 is 1.13 bits per heavy atom. The molecule has 1 saturated carbocycles. The fourth-order valence-corrected chi connectivity index (χ4v) is 4.80. The first-order valence-corrected chi connectivity index (χ1v) is 12.3. The van der Waals surface area contributed by atoms with Crippen molar-refractivity contribution in [2.24, 2.45) is 11.7 Å². The minimum atomic E-state index is -4.87. The van der Waals surface area contributed by atoms with Gasteiger partial charge in [-0.15, -0.1) is 0 Å². The second-order valence-corrected chi connectivity index (χ2v) is 9.77. The van der Waals surface area contributed by atoms with Crippen molar-refractivity contribution in [2.45, 2.75) is 49.8 Å². The number of nitrogens with zero attached hydrogens (tertiary/aromatic N) is 1. The molecule has 0 bridgehead atoms. The molecule has 1 aromatic heterocycles. The van der Waals surface area contributed by atoms with Crippen molar-refractivity contribution in [3.63, 3.8) is 0 Å². The summed E-state index contributed by atoms with van der Waals surface area (Å²) >= 11 is 6.05. The highest BCUT2D eigenvalue weighted by atomic mass is 35.5. The van der Waals surface area contributed by atoms with E-state index < -0.39 is 41.5 Å². The molecule has 1 fully saturated rings. The first-order chi connectivity index (χ1) is 18.0. The number of carbonyl (C=O) groups is 1. The zero-order valence-corrected chi connectivity index (χ0v) is 20.8. The van der Waals surface area contributed by atoms with Crippen LogP contribution in [0, 0.1) is 11.7 Å². The third-order valence-electron chi connectivity index (χ3n) is 6.53. The predicted octanol–water partition coefficient (Wildman–Crippen LogP) is 5.84. The molecule has 0 spiro atoms. The third kappa shape index (κ3) is 6.24. The van der Waals surface area contributed by atoms with Crippen molar-refractivity contribution < 1.29 is 31.5 Å². The summed E-state index contributed by atoms with van der Waals surface area (Å²) in [7, 11) is 0. The van der Waals surface area contributed by atoms with E-state index in [1.54, 1.807) is 30.3 Å². The summed E-state index contributed by atoms with van der Waals surface area (Å²) < 4.78 is 72.3. The zero-order chi connectivity index (χ0) is 27.5. The van der Waals surface area contributed by atoms with Crippen LogP contribution in [-0.2, 0) is 16.8 Å². The first-order valence-electron chi connectivity index (χ1n) is 11.9. The van der Waals surface area contributed by atoms with Crippen LogP contribution in [0.15, 0.2) is 66.9 Å². The average Bonchev–Trinajstić information content (AvgIpc) is 3.30. The number of amides is 1. The van der Waals surface area contributed by atoms with Gasteiger partial charge in [0.25, 0.3) is 0 Å². The second kappa shape index (κ2) is 11.2. The van der Waals surface area contributed by atoms with E-state index in [-0.39, 0.29) is 28.7 Å². The molecule has 1 aliphatic carbocycles. The lowest BCUT2D eigenvalue weighted by Crippen LogP contribution is -2.51. The fourth-order valence-electron chi connectivity index (χ4n) is 4.69. The van der Waals surface area contributed by atoms with Gasteiger partial charge in [-0.2, -0.15) is 17.6 Å². The van der Waals surface area contributed by atoms with Gasteiger partial charge in [0.05, 0.1) is 10.7 Å². The number of ether oxygens (including phenoxy) is 1. The number of hydrogen-bond donors (Lipinski definition) is 2. The zero-order valence-electron chi connectivity index (χ0n) is 20.0. The average molecular weight is 554 g/mol. The van der Waals surface area contributed by atoms with Crippen LogP contribution in [0.2, 0.25) is 5.02 Å². The molecule has 0 radical (unpaired) electrons. The van der Waals surface area contributed by atoms with Crippen molar-refractivity contribution in [3.05, 3.63) is 94.5 Å². The van der Waals surface area contributed by atoms with E-state index in [1.807, 2.05) is 0 Å². The van der Waals surface area contributed by atoms with Crippen LogP contribution < -0.4 is 15.8 Å². The van der Waals surface area contributed by atoms with E-state index in [9.17, 15) is 26.7 Å². The van der Waals surface area contributed by atoms with Gasteiger partial charge in [-0.25, -0.2) is 4.39 Å². The molecule has 1 heterocycles. The summed E-state index contributed by atoms with van der Waals surface area (Å²) in [6, 6.07) is 14.3. The molecule has 1 amide bonds. The second-order valence-electron chi connectivity index (χ2n) is 9.33. The largest absolute Gasteiger partial charge is 0.461 e. The van der Waals surface area contributed by atoms with E-state index in [1.165, 1.54) is 18.3 Å². The highest BCUT2D eigenvalue weighted by molar-refractivity contribution is 6.30. The van der Waals surface area contributed by atoms with Crippen LogP contribution in [0.5, 0.6) is 5.75 Å². The molecule has 202 valence electrons. The Labute approximate surface area is 221 Å². The normalized spacial score (nSPS) is 19.3.